The van der Waals surface area contributed by atoms with E-state index in [2.05, 4.69) is 18.7 Å². The molecule has 0 amide bonds. The van der Waals surface area contributed by atoms with Crippen molar-refractivity contribution in [3.63, 3.8) is 0 Å². The second-order valence-electron chi connectivity index (χ2n) is 14.2. The highest BCUT2D eigenvalue weighted by Gasteiger charge is 2.94. The van der Waals surface area contributed by atoms with Gasteiger partial charge in [-0.3, -0.25) is 4.90 Å². The molecule has 1 aromatic carbocycles. The third kappa shape index (κ3) is 3.04. The molecule has 3 spiro atoms. The van der Waals surface area contributed by atoms with Crippen molar-refractivity contribution in [1.29, 1.82) is 0 Å². The first kappa shape index (κ1) is 28.7. The average Bonchev–Trinajstić information content (AvgIpc) is 3.58. The average molecular weight is 608 g/mol. The van der Waals surface area contributed by atoms with Crippen LogP contribution in [0.15, 0.2) is 12.1 Å². The summed E-state index contributed by atoms with van der Waals surface area (Å²) >= 11 is 0. The van der Waals surface area contributed by atoms with Crippen molar-refractivity contribution < 1.29 is 46.4 Å². The summed E-state index contributed by atoms with van der Waals surface area (Å²) in [5, 5.41) is 0. The zero-order chi connectivity index (χ0) is 30.3. The molecular formula is C32H40F3NO7. The van der Waals surface area contributed by atoms with Crippen molar-refractivity contribution in [3.8, 4) is 0 Å². The number of fused-ring (bicyclic) bond motifs is 1. The quantitative estimate of drug-likeness (QED) is 0.356. The standard InChI is InChI=1S/C32H40F3NO7/c1-6-36-13-29(2)8-7-21(39-4)31-17-11-16-20(38-3)12-30(22(17)24(16)40-5)32(28(31)36,42-14-41-30)26(25(29)31)43-27(37)15-9-18(33)23(35)19(34)10-15/h9-10,16-17,20-22,24-26,28H,6-8,11-14H2,1-5H3/t16-,17-,20+,21+,22-,24+,25-,26+,28+,29+,30-,31+,32+/m1/s1. The second kappa shape index (κ2) is 9.16. The predicted molar refractivity (Wildman–Crippen MR) is 144 cm³/mol. The second-order valence-corrected chi connectivity index (χ2v) is 14.2. The lowest BCUT2D eigenvalue weighted by atomic mass is 9.43. The monoisotopic (exact) mass is 607 g/mol. The fraction of sp³-hybridized carbons (Fsp3) is 0.781. The fourth-order valence-corrected chi connectivity index (χ4v) is 12.4. The maximum atomic E-state index is 14.3. The molecule has 43 heavy (non-hydrogen) atoms. The van der Waals surface area contributed by atoms with Crippen LogP contribution in [0, 0.1) is 52.0 Å². The van der Waals surface area contributed by atoms with Crippen LogP contribution in [-0.4, -0.2) is 93.7 Å². The van der Waals surface area contributed by atoms with Gasteiger partial charge in [0.1, 0.15) is 18.5 Å². The Labute approximate surface area is 249 Å². The molecule has 5 saturated carbocycles. The summed E-state index contributed by atoms with van der Waals surface area (Å²) in [5.41, 5.74) is -3.16. The van der Waals surface area contributed by atoms with E-state index >= 15 is 0 Å². The third-order valence-electron chi connectivity index (χ3n) is 13.3. The molecule has 7 aliphatic rings. The number of likely N-dealkylation sites (N-methyl/N-ethyl adjacent to an activating group) is 1. The molecule has 8 nitrogen and oxygen atoms in total. The number of methoxy groups -OCH3 is 3. The molecule has 1 aromatic rings. The van der Waals surface area contributed by atoms with Gasteiger partial charge in [-0.25, -0.2) is 18.0 Å². The minimum Gasteiger partial charge on any atom is -0.455 e. The number of hydrogen-bond donors (Lipinski definition) is 0. The van der Waals surface area contributed by atoms with E-state index < -0.39 is 46.1 Å². The molecule has 5 aliphatic carbocycles. The van der Waals surface area contributed by atoms with Gasteiger partial charge in [0.15, 0.2) is 23.1 Å². The van der Waals surface area contributed by atoms with E-state index in [0.717, 1.165) is 32.4 Å². The molecule has 236 valence electrons. The Morgan fingerprint density at radius 2 is 1.84 bits per heavy atom. The molecule has 2 aliphatic heterocycles. The number of piperidine rings is 1. The molecule has 2 heterocycles. The van der Waals surface area contributed by atoms with Crippen LogP contribution < -0.4 is 0 Å². The van der Waals surface area contributed by atoms with Gasteiger partial charge < -0.3 is 28.4 Å². The van der Waals surface area contributed by atoms with E-state index in [1.54, 1.807) is 21.3 Å². The molecule has 11 heteroatoms. The summed E-state index contributed by atoms with van der Waals surface area (Å²) < 4.78 is 81.7. The minimum absolute atomic E-state index is 0.0137. The lowest BCUT2D eigenvalue weighted by Gasteiger charge is -2.69. The highest BCUT2D eigenvalue weighted by Crippen LogP contribution is 2.82. The maximum absolute atomic E-state index is 14.3. The Bertz CT molecular complexity index is 1340. The predicted octanol–water partition coefficient (Wildman–Crippen LogP) is 3.95. The summed E-state index contributed by atoms with van der Waals surface area (Å²) in [6.45, 7) is 5.98. The maximum Gasteiger partial charge on any atom is 0.338 e. The van der Waals surface area contributed by atoms with Crippen molar-refractivity contribution in [2.75, 3.05) is 41.2 Å². The van der Waals surface area contributed by atoms with Crippen LogP contribution in [0.5, 0.6) is 0 Å². The van der Waals surface area contributed by atoms with Gasteiger partial charge in [0, 0.05) is 57.5 Å². The molecule has 8 rings (SSSR count). The van der Waals surface area contributed by atoms with Gasteiger partial charge in [-0.15, -0.1) is 0 Å². The fourth-order valence-electron chi connectivity index (χ4n) is 12.4. The SMILES string of the molecule is CCN1C[C@]2(C)CC[C@H](OC)[C@@]34[C@@H]5C[C@H]6[C@H](OC)[C@@H]5[C@@]5(C[C@@H]6OC)OCO[C@@]5([C@@H](OC(=O)c5cc(F)c(F)c(F)c5)[C@H]23)[C@@H]14. The topological polar surface area (TPSA) is 75.7 Å². The van der Waals surface area contributed by atoms with Crippen molar-refractivity contribution in [2.24, 2.45) is 34.5 Å². The number of hydrogen-bond acceptors (Lipinski definition) is 8. The largest absolute Gasteiger partial charge is 0.455 e. The molecule has 0 aromatic heterocycles. The molecule has 7 fully saturated rings. The molecule has 13 atom stereocenters. The number of carbonyl (C=O) groups is 1. The van der Waals surface area contributed by atoms with Crippen LogP contribution >= 0.6 is 0 Å². The number of carbonyl (C=O) groups excluding carboxylic acids is 1. The summed E-state index contributed by atoms with van der Waals surface area (Å²) in [6, 6.07) is 1.20. The van der Waals surface area contributed by atoms with Crippen LogP contribution in [0.1, 0.15) is 49.9 Å². The highest BCUT2D eigenvalue weighted by molar-refractivity contribution is 5.89. The van der Waals surface area contributed by atoms with Crippen molar-refractivity contribution in [3.05, 3.63) is 35.1 Å². The first-order valence-electron chi connectivity index (χ1n) is 15.6. The van der Waals surface area contributed by atoms with Gasteiger partial charge in [-0.2, -0.15) is 0 Å². The van der Waals surface area contributed by atoms with Gasteiger partial charge in [0.05, 0.1) is 29.9 Å². The van der Waals surface area contributed by atoms with Crippen molar-refractivity contribution >= 4 is 5.97 Å². The Hall–Kier alpha value is -1.76. The van der Waals surface area contributed by atoms with Gasteiger partial charge in [-0.1, -0.05) is 13.8 Å². The minimum atomic E-state index is -1.63. The van der Waals surface area contributed by atoms with Gasteiger partial charge in [0.25, 0.3) is 0 Å². The Kier molecular flexibility index (Phi) is 6.11. The van der Waals surface area contributed by atoms with E-state index in [1.807, 2.05) is 0 Å². The van der Waals surface area contributed by atoms with Gasteiger partial charge >= 0.3 is 5.97 Å². The number of rotatable bonds is 6. The molecule has 2 saturated heterocycles. The zero-order valence-electron chi connectivity index (χ0n) is 25.2. The van der Waals surface area contributed by atoms with E-state index in [1.165, 1.54) is 0 Å². The number of halogens is 3. The molecular weight excluding hydrogens is 567 g/mol. The number of esters is 1. The molecule has 0 radical (unpaired) electrons. The van der Waals surface area contributed by atoms with E-state index in [0.29, 0.717) is 18.6 Å². The molecule has 0 unspecified atom stereocenters. The van der Waals surface area contributed by atoms with E-state index in [4.69, 9.17) is 28.4 Å². The lowest BCUT2D eigenvalue weighted by molar-refractivity contribution is -0.282. The third-order valence-corrected chi connectivity index (χ3v) is 13.3. The van der Waals surface area contributed by atoms with Gasteiger partial charge in [-0.05, 0) is 49.3 Å². The molecule has 0 N–H and O–H groups in total. The summed E-state index contributed by atoms with van der Waals surface area (Å²) in [4.78, 5) is 16.4. The number of likely N-dealkylation sites (tertiary alicyclic amines) is 1. The number of ether oxygens (including phenoxy) is 6. The van der Waals surface area contributed by atoms with Crippen LogP contribution in [0.25, 0.3) is 0 Å². The van der Waals surface area contributed by atoms with E-state index in [9.17, 15) is 18.0 Å². The smallest absolute Gasteiger partial charge is 0.338 e. The van der Waals surface area contributed by atoms with Crippen LogP contribution in [0.4, 0.5) is 13.2 Å². The lowest BCUT2D eigenvalue weighted by Crippen LogP contribution is -2.81. The normalized spacial score (nSPS) is 50.6. The van der Waals surface area contributed by atoms with Crippen molar-refractivity contribution in [2.45, 2.75) is 81.2 Å². The zero-order valence-corrected chi connectivity index (χ0v) is 25.2. The van der Waals surface area contributed by atoms with Crippen LogP contribution in [0.2, 0.25) is 0 Å². The highest BCUT2D eigenvalue weighted by atomic mass is 19.2. The number of nitrogens with zero attached hydrogens (tertiary/aromatic N) is 1. The summed E-state index contributed by atoms with van der Waals surface area (Å²) in [6.07, 6.45) is 1.84. The Balaban J connectivity index is 1.39. The first-order chi connectivity index (χ1) is 20.6. The summed E-state index contributed by atoms with van der Waals surface area (Å²) in [5.74, 6) is -5.39. The Morgan fingerprint density at radius 3 is 2.49 bits per heavy atom. The van der Waals surface area contributed by atoms with Crippen molar-refractivity contribution in [1.82, 2.24) is 4.90 Å². The Morgan fingerprint density at radius 1 is 1.09 bits per heavy atom. The summed E-state index contributed by atoms with van der Waals surface area (Å²) in [7, 11) is 5.23. The van der Waals surface area contributed by atoms with Gasteiger partial charge in [0.2, 0.25) is 0 Å². The number of benzene rings is 1. The first-order valence-corrected chi connectivity index (χ1v) is 15.6. The molecule has 7 bridgehead atoms. The van der Waals surface area contributed by atoms with E-state index in [-0.39, 0.29) is 65.8 Å². The van der Waals surface area contributed by atoms with Crippen LogP contribution in [0.3, 0.4) is 0 Å². The van der Waals surface area contributed by atoms with Crippen LogP contribution in [-0.2, 0) is 28.4 Å².